The van der Waals surface area contributed by atoms with E-state index in [9.17, 15) is 0 Å². The van der Waals surface area contributed by atoms with Gasteiger partial charge < -0.3 is 0 Å². The van der Waals surface area contributed by atoms with Crippen LogP contribution in [0, 0.1) is 0 Å². The van der Waals surface area contributed by atoms with Crippen LogP contribution < -0.4 is 4.57 Å². The lowest BCUT2D eigenvalue weighted by atomic mass is 9.95. The molecule has 4 heteroatoms. The van der Waals surface area contributed by atoms with Gasteiger partial charge in [0.05, 0.1) is 12.7 Å². The molecular weight excluding hydrogens is 326 g/mol. The van der Waals surface area contributed by atoms with Gasteiger partial charge in [0.1, 0.15) is 5.69 Å². The third kappa shape index (κ3) is 1.83. The lowest BCUT2D eigenvalue weighted by Gasteiger charge is -2.18. The molecule has 0 atom stereocenters. The Morgan fingerprint density at radius 2 is 1.80 bits per heavy atom. The molecule has 0 fully saturated rings. The second-order valence-electron chi connectivity index (χ2n) is 6.49. The number of aryl methyl sites for hydroxylation is 2. The van der Waals surface area contributed by atoms with E-state index in [1.54, 1.807) is 12.4 Å². The van der Waals surface area contributed by atoms with E-state index in [0.717, 1.165) is 24.1 Å². The first-order valence-electron chi connectivity index (χ1n) is 8.46. The molecule has 2 aromatic carbocycles. The Labute approximate surface area is 148 Å². The number of hydrogen-bond donors (Lipinski definition) is 0. The number of hydrogen-bond acceptors (Lipinski definition) is 3. The minimum absolute atomic E-state index is 0.953. The molecule has 0 unspecified atom stereocenters. The van der Waals surface area contributed by atoms with Gasteiger partial charge in [0.25, 0.3) is 0 Å². The first kappa shape index (κ1) is 13.4. The number of rotatable bonds is 0. The molecule has 0 N–H and O–H groups in total. The molecular formula is C21H14N3S+. The van der Waals surface area contributed by atoms with Gasteiger partial charge in [-0.2, -0.15) is 0 Å². The molecule has 0 amide bonds. The Morgan fingerprint density at radius 3 is 2.80 bits per heavy atom. The van der Waals surface area contributed by atoms with Crippen LogP contribution in [0.25, 0.3) is 42.6 Å². The Kier molecular flexibility index (Phi) is 2.60. The summed E-state index contributed by atoms with van der Waals surface area (Å²) in [4.78, 5) is 9.02. The molecule has 1 aliphatic rings. The van der Waals surface area contributed by atoms with Crippen molar-refractivity contribution >= 4 is 42.7 Å². The third-order valence-corrected chi connectivity index (χ3v) is 6.27. The van der Waals surface area contributed by atoms with Gasteiger partial charge in [-0.15, -0.1) is 11.3 Å². The summed E-state index contributed by atoms with van der Waals surface area (Å²) in [5.41, 5.74) is 5.93. The van der Waals surface area contributed by atoms with Gasteiger partial charge in [-0.3, -0.25) is 0 Å². The predicted molar refractivity (Wildman–Crippen MR) is 102 cm³/mol. The topological polar surface area (TPSA) is 29.7 Å². The monoisotopic (exact) mass is 340 g/mol. The van der Waals surface area contributed by atoms with Crippen LogP contribution in [0.15, 0.2) is 60.9 Å². The average molecular weight is 340 g/mol. The molecule has 0 radical (unpaired) electrons. The van der Waals surface area contributed by atoms with Crippen LogP contribution in [0.5, 0.6) is 0 Å². The van der Waals surface area contributed by atoms with Gasteiger partial charge in [0.2, 0.25) is 0 Å². The Balaban J connectivity index is 1.71. The highest BCUT2D eigenvalue weighted by Crippen LogP contribution is 2.38. The highest BCUT2D eigenvalue weighted by atomic mass is 32.1. The minimum atomic E-state index is 0.953. The normalized spacial score (nSPS) is 13.3. The van der Waals surface area contributed by atoms with Crippen LogP contribution in [-0.4, -0.2) is 9.97 Å². The first-order chi connectivity index (χ1) is 12.4. The molecule has 118 valence electrons. The van der Waals surface area contributed by atoms with Crippen molar-refractivity contribution in [3.8, 4) is 11.3 Å². The number of benzene rings is 2. The molecule has 0 saturated carbocycles. The maximum absolute atomic E-state index is 4.57. The van der Waals surface area contributed by atoms with Crippen LogP contribution >= 0.6 is 11.3 Å². The molecule has 0 bridgehead atoms. The molecule has 0 saturated heterocycles. The van der Waals surface area contributed by atoms with Crippen LogP contribution in [0.4, 0.5) is 0 Å². The minimum Gasteiger partial charge on any atom is -0.244 e. The van der Waals surface area contributed by atoms with Gasteiger partial charge in [0.15, 0.2) is 11.7 Å². The molecule has 3 aromatic heterocycles. The summed E-state index contributed by atoms with van der Waals surface area (Å²) < 4.78 is 5.05. The third-order valence-electron chi connectivity index (χ3n) is 5.14. The molecule has 0 spiro atoms. The lowest BCUT2D eigenvalue weighted by molar-refractivity contribution is -0.663. The number of nitrogens with zero attached hydrogens (tertiary/aromatic N) is 3. The summed E-state index contributed by atoms with van der Waals surface area (Å²) >= 11 is 1.89. The molecule has 25 heavy (non-hydrogen) atoms. The van der Waals surface area contributed by atoms with Crippen LogP contribution in [-0.2, 0) is 13.0 Å². The van der Waals surface area contributed by atoms with Crippen molar-refractivity contribution < 1.29 is 4.57 Å². The number of pyridine rings is 1. The van der Waals surface area contributed by atoms with Crippen LogP contribution in [0.1, 0.15) is 5.56 Å². The van der Waals surface area contributed by atoms with E-state index < -0.39 is 0 Å². The standard InChI is InChI=1S/C21H14N3S/c1-2-4-19-14(3-1)16-12-15-13(11-20(16)25-19)7-10-24-18(15)6-5-17-21(24)23-9-8-22-17/h1-6,8-9,11-12H,7,10H2/q+1. The number of aromatic nitrogens is 3. The Hall–Kier alpha value is -2.85. The molecule has 6 rings (SSSR count). The largest absolute Gasteiger partial charge is 0.349 e. The van der Waals surface area contributed by atoms with Gasteiger partial charge in [-0.1, -0.05) is 18.2 Å². The van der Waals surface area contributed by atoms with Crippen molar-refractivity contribution in [2.75, 3.05) is 0 Å². The van der Waals surface area contributed by atoms with E-state index >= 15 is 0 Å². The summed E-state index contributed by atoms with van der Waals surface area (Å²) in [6.07, 6.45) is 4.57. The van der Waals surface area contributed by atoms with Gasteiger partial charge in [-0.05, 0) is 40.9 Å². The SMILES string of the molecule is c1ccc2c(c1)sc1cc3c(cc12)-c1ccc2nccnc2[n+]1CC3. The highest BCUT2D eigenvalue weighted by Gasteiger charge is 2.24. The number of thiophene rings is 1. The molecule has 0 aliphatic carbocycles. The van der Waals surface area contributed by atoms with Crippen LogP contribution in [0.2, 0.25) is 0 Å². The van der Waals surface area contributed by atoms with Crippen molar-refractivity contribution in [1.82, 2.24) is 9.97 Å². The zero-order chi connectivity index (χ0) is 16.4. The predicted octanol–water partition coefficient (Wildman–Crippen LogP) is 4.51. The average Bonchev–Trinajstić information content (AvgIpc) is 3.03. The smallest absolute Gasteiger partial charge is 0.244 e. The summed E-state index contributed by atoms with van der Waals surface area (Å²) in [6.45, 7) is 0.953. The van der Waals surface area contributed by atoms with Gasteiger partial charge in [0, 0.05) is 32.2 Å². The fraction of sp³-hybridized carbons (Fsp3) is 0.0952. The van der Waals surface area contributed by atoms with E-state index in [-0.39, 0.29) is 0 Å². The quantitative estimate of drug-likeness (QED) is 0.388. The van der Waals surface area contributed by atoms with E-state index in [1.165, 1.54) is 37.0 Å². The van der Waals surface area contributed by atoms with Crippen molar-refractivity contribution in [2.24, 2.45) is 0 Å². The summed E-state index contributed by atoms with van der Waals surface area (Å²) in [5.74, 6) is 0. The van der Waals surface area contributed by atoms with E-state index in [4.69, 9.17) is 0 Å². The first-order valence-corrected chi connectivity index (χ1v) is 9.28. The zero-order valence-electron chi connectivity index (χ0n) is 13.4. The van der Waals surface area contributed by atoms with Gasteiger partial charge >= 0.3 is 5.65 Å². The Bertz CT molecular complexity index is 1300. The lowest BCUT2D eigenvalue weighted by Crippen LogP contribution is -2.41. The molecule has 3 nitrogen and oxygen atoms in total. The van der Waals surface area contributed by atoms with E-state index in [0.29, 0.717) is 0 Å². The van der Waals surface area contributed by atoms with Crippen molar-refractivity contribution in [2.45, 2.75) is 13.0 Å². The highest BCUT2D eigenvalue weighted by molar-refractivity contribution is 7.25. The second kappa shape index (κ2) is 4.83. The molecule has 4 heterocycles. The maximum Gasteiger partial charge on any atom is 0.349 e. The Morgan fingerprint density at radius 1 is 0.880 bits per heavy atom. The van der Waals surface area contributed by atoms with E-state index in [2.05, 4.69) is 63.1 Å². The van der Waals surface area contributed by atoms with E-state index in [1.807, 2.05) is 11.3 Å². The summed E-state index contributed by atoms with van der Waals surface area (Å²) in [5, 5.41) is 2.70. The van der Waals surface area contributed by atoms with Crippen LogP contribution in [0.3, 0.4) is 0 Å². The van der Waals surface area contributed by atoms with Crippen molar-refractivity contribution in [1.29, 1.82) is 0 Å². The second-order valence-corrected chi connectivity index (χ2v) is 7.57. The van der Waals surface area contributed by atoms with Gasteiger partial charge in [-0.25, -0.2) is 9.55 Å². The summed E-state index contributed by atoms with van der Waals surface area (Å²) in [7, 11) is 0. The summed E-state index contributed by atoms with van der Waals surface area (Å²) in [6, 6.07) is 17.7. The maximum atomic E-state index is 4.57. The van der Waals surface area contributed by atoms with Crippen molar-refractivity contribution in [3.63, 3.8) is 0 Å². The number of fused-ring (bicyclic) bond motifs is 8. The van der Waals surface area contributed by atoms with Crippen molar-refractivity contribution in [3.05, 3.63) is 66.5 Å². The fourth-order valence-corrected chi connectivity index (χ4v) is 5.13. The zero-order valence-corrected chi connectivity index (χ0v) is 14.3. The molecule has 5 aromatic rings. The molecule has 1 aliphatic heterocycles. The fourth-order valence-electron chi connectivity index (χ4n) is 3.98.